The molecule has 0 aliphatic rings. The molecule has 0 bridgehead atoms. The number of rotatable bonds is 5. The molecular formula is C15H15F2NO2. The third kappa shape index (κ3) is 2.99. The number of hydrogen-bond donors (Lipinski definition) is 1. The molecule has 0 spiro atoms. The van der Waals surface area contributed by atoms with Gasteiger partial charge in [0.1, 0.15) is 23.1 Å². The maximum Gasteiger partial charge on any atom is 0.145 e. The molecule has 2 aromatic carbocycles. The number of anilines is 1. The average Bonchev–Trinajstić information content (AvgIpc) is 2.46. The van der Waals surface area contributed by atoms with E-state index in [1.807, 2.05) is 0 Å². The monoisotopic (exact) mass is 279 g/mol. The molecule has 2 rings (SSSR count). The lowest BCUT2D eigenvalue weighted by Crippen LogP contribution is -2.05. The van der Waals surface area contributed by atoms with Crippen molar-refractivity contribution in [2.75, 3.05) is 19.5 Å². The first-order valence-electron chi connectivity index (χ1n) is 6.04. The standard InChI is InChI=1S/C15H15F2NO2/c1-19-10-6-7-14(15(8-10)20-2)18-9-11-12(16)4-3-5-13(11)17/h3-8,18H,9H2,1-2H3. The van der Waals surface area contributed by atoms with Crippen LogP contribution in [0.15, 0.2) is 36.4 Å². The summed E-state index contributed by atoms with van der Waals surface area (Å²) in [5.74, 6) is 0.0283. The van der Waals surface area contributed by atoms with Gasteiger partial charge in [0.2, 0.25) is 0 Å². The van der Waals surface area contributed by atoms with Crippen molar-refractivity contribution in [3.8, 4) is 11.5 Å². The van der Waals surface area contributed by atoms with Gasteiger partial charge in [-0.25, -0.2) is 8.78 Å². The highest BCUT2D eigenvalue weighted by Crippen LogP contribution is 2.29. The predicted octanol–water partition coefficient (Wildman–Crippen LogP) is 3.59. The van der Waals surface area contributed by atoms with Crippen molar-refractivity contribution in [3.63, 3.8) is 0 Å². The Kier molecular flexibility index (Phi) is 4.40. The number of nitrogens with one attached hydrogen (secondary N) is 1. The largest absolute Gasteiger partial charge is 0.497 e. The molecule has 0 aromatic heterocycles. The first-order chi connectivity index (χ1) is 9.65. The number of hydrogen-bond acceptors (Lipinski definition) is 3. The fourth-order valence-corrected chi connectivity index (χ4v) is 1.83. The minimum absolute atomic E-state index is 0.00892. The second-order valence-corrected chi connectivity index (χ2v) is 4.12. The van der Waals surface area contributed by atoms with Gasteiger partial charge in [0.15, 0.2) is 0 Å². The van der Waals surface area contributed by atoms with Crippen LogP contribution >= 0.6 is 0 Å². The van der Waals surface area contributed by atoms with Gasteiger partial charge in [-0.1, -0.05) is 6.07 Å². The molecule has 0 aliphatic carbocycles. The molecule has 0 atom stereocenters. The van der Waals surface area contributed by atoms with Gasteiger partial charge in [0.25, 0.3) is 0 Å². The summed E-state index contributed by atoms with van der Waals surface area (Å²) in [4.78, 5) is 0. The van der Waals surface area contributed by atoms with Crippen LogP contribution in [0.5, 0.6) is 11.5 Å². The molecule has 5 heteroatoms. The summed E-state index contributed by atoms with van der Waals surface area (Å²) in [5, 5.41) is 2.95. The van der Waals surface area contributed by atoms with Crippen LogP contribution in [0.3, 0.4) is 0 Å². The van der Waals surface area contributed by atoms with E-state index in [4.69, 9.17) is 9.47 Å². The molecular weight excluding hydrogens is 264 g/mol. The number of halogens is 2. The second kappa shape index (κ2) is 6.23. The molecule has 2 aromatic rings. The summed E-state index contributed by atoms with van der Waals surface area (Å²) in [5.41, 5.74) is 0.626. The van der Waals surface area contributed by atoms with E-state index < -0.39 is 11.6 Å². The van der Waals surface area contributed by atoms with Crippen molar-refractivity contribution in [1.29, 1.82) is 0 Å². The van der Waals surface area contributed by atoms with Crippen LogP contribution in [0.2, 0.25) is 0 Å². The molecule has 0 amide bonds. The summed E-state index contributed by atoms with van der Waals surface area (Å²) >= 11 is 0. The highest BCUT2D eigenvalue weighted by Gasteiger charge is 2.10. The van der Waals surface area contributed by atoms with E-state index in [0.717, 1.165) is 0 Å². The Bertz CT molecular complexity index is 582. The molecule has 106 valence electrons. The van der Waals surface area contributed by atoms with Crippen LogP contribution in [0, 0.1) is 11.6 Å². The van der Waals surface area contributed by atoms with E-state index in [0.29, 0.717) is 17.2 Å². The van der Waals surface area contributed by atoms with Crippen molar-refractivity contribution in [3.05, 3.63) is 53.6 Å². The SMILES string of the molecule is COc1ccc(NCc2c(F)cccc2F)c(OC)c1. The topological polar surface area (TPSA) is 30.5 Å². The molecule has 0 unspecified atom stereocenters. The van der Waals surface area contributed by atoms with Crippen molar-refractivity contribution in [1.82, 2.24) is 0 Å². The van der Waals surface area contributed by atoms with E-state index in [1.54, 1.807) is 25.3 Å². The lowest BCUT2D eigenvalue weighted by Gasteiger charge is -2.13. The average molecular weight is 279 g/mol. The first-order valence-corrected chi connectivity index (χ1v) is 6.04. The fraction of sp³-hybridized carbons (Fsp3) is 0.200. The number of methoxy groups -OCH3 is 2. The summed E-state index contributed by atoms with van der Waals surface area (Å²) < 4.78 is 37.3. The smallest absolute Gasteiger partial charge is 0.145 e. The highest BCUT2D eigenvalue weighted by molar-refractivity contribution is 5.59. The summed E-state index contributed by atoms with van der Waals surface area (Å²) in [7, 11) is 3.07. The summed E-state index contributed by atoms with van der Waals surface area (Å²) in [6, 6.07) is 8.96. The third-order valence-corrected chi connectivity index (χ3v) is 2.93. The van der Waals surface area contributed by atoms with Crippen molar-refractivity contribution in [2.45, 2.75) is 6.54 Å². The molecule has 0 fully saturated rings. The summed E-state index contributed by atoms with van der Waals surface area (Å²) in [6.07, 6.45) is 0. The van der Waals surface area contributed by atoms with Gasteiger partial charge in [-0.2, -0.15) is 0 Å². The molecule has 0 aliphatic heterocycles. The van der Waals surface area contributed by atoms with Crippen molar-refractivity contribution >= 4 is 5.69 Å². The molecule has 0 heterocycles. The lowest BCUT2D eigenvalue weighted by atomic mass is 10.2. The van der Waals surface area contributed by atoms with Gasteiger partial charge >= 0.3 is 0 Å². The number of ether oxygens (including phenoxy) is 2. The van der Waals surface area contributed by atoms with E-state index in [1.165, 1.54) is 25.3 Å². The van der Waals surface area contributed by atoms with Crippen molar-refractivity contribution in [2.24, 2.45) is 0 Å². The van der Waals surface area contributed by atoms with Gasteiger partial charge < -0.3 is 14.8 Å². The molecule has 1 N–H and O–H groups in total. The van der Waals surface area contributed by atoms with Gasteiger partial charge in [-0.3, -0.25) is 0 Å². The Balaban J connectivity index is 2.19. The fourth-order valence-electron chi connectivity index (χ4n) is 1.83. The maximum atomic E-state index is 13.5. The van der Waals surface area contributed by atoms with E-state index in [-0.39, 0.29) is 12.1 Å². The Labute approximate surface area is 116 Å². The zero-order valence-corrected chi connectivity index (χ0v) is 11.2. The van der Waals surface area contributed by atoms with Crippen LogP contribution < -0.4 is 14.8 Å². The zero-order chi connectivity index (χ0) is 14.5. The van der Waals surface area contributed by atoms with Crippen LogP contribution in [0.4, 0.5) is 14.5 Å². The molecule has 20 heavy (non-hydrogen) atoms. The zero-order valence-electron chi connectivity index (χ0n) is 11.2. The maximum absolute atomic E-state index is 13.5. The lowest BCUT2D eigenvalue weighted by molar-refractivity contribution is 0.395. The van der Waals surface area contributed by atoms with Gasteiger partial charge in [0.05, 0.1) is 19.9 Å². The Morgan fingerprint density at radius 1 is 1.00 bits per heavy atom. The van der Waals surface area contributed by atoms with Crippen LogP contribution in [0.25, 0.3) is 0 Å². The molecule has 3 nitrogen and oxygen atoms in total. The number of benzene rings is 2. The molecule has 0 saturated carbocycles. The molecule has 0 saturated heterocycles. The van der Waals surface area contributed by atoms with Gasteiger partial charge in [0, 0.05) is 18.2 Å². The van der Waals surface area contributed by atoms with Crippen molar-refractivity contribution < 1.29 is 18.3 Å². The third-order valence-electron chi connectivity index (χ3n) is 2.93. The van der Waals surface area contributed by atoms with E-state index in [2.05, 4.69) is 5.32 Å². The minimum atomic E-state index is -0.579. The predicted molar refractivity (Wildman–Crippen MR) is 73.2 cm³/mol. The highest BCUT2D eigenvalue weighted by atomic mass is 19.1. The van der Waals surface area contributed by atoms with Gasteiger partial charge in [-0.05, 0) is 24.3 Å². The second-order valence-electron chi connectivity index (χ2n) is 4.12. The normalized spacial score (nSPS) is 10.2. The van der Waals surface area contributed by atoms with Gasteiger partial charge in [-0.15, -0.1) is 0 Å². The Hall–Kier alpha value is -2.30. The Morgan fingerprint density at radius 3 is 2.30 bits per heavy atom. The first kappa shape index (κ1) is 14.1. The van der Waals surface area contributed by atoms with E-state index in [9.17, 15) is 8.78 Å². The van der Waals surface area contributed by atoms with Crippen LogP contribution in [-0.4, -0.2) is 14.2 Å². The molecule has 0 radical (unpaired) electrons. The Morgan fingerprint density at radius 2 is 1.70 bits per heavy atom. The van der Waals surface area contributed by atoms with E-state index >= 15 is 0 Å². The quantitative estimate of drug-likeness (QED) is 0.907. The van der Waals surface area contributed by atoms with Crippen LogP contribution in [-0.2, 0) is 6.54 Å². The minimum Gasteiger partial charge on any atom is -0.497 e. The summed E-state index contributed by atoms with van der Waals surface area (Å²) in [6.45, 7) is 0.0290. The van der Waals surface area contributed by atoms with Crippen LogP contribution in [0.1, 0.15) is 5.56 Å².